The summed E-state index contributed by atoms with van der Waals surface area (Å²) in [5.74, 6) is -1.32. The molecule has 106 valence electrons. The second-order valence-electron chi connectivity index (χ2n) is 4.31. The van der Waals surface area contributed by atoms with Crippen molar-refractivity contribution in [2.45, 2.75) is 6.92 Å². The van der Waals surface area contributed by atoms with Gasteiger partial charge in [0, 0.05) is 5.56 Å². The molecule has 0 fully saturated rings. The van der Waals surface area contributed by atoms with Crippen LogP contribution in [0.2, 0.25) is 0 Å². The summed E-state index contributed by atoms with van der Waals surface area (Å²) in [6.45, 7) is 1.72. The van der Waals surface area contributed by atoms with E-state index < -0.39 is 5.97 Å². The van der Waals surface area contributed by atoms with Crippen LogP contribution >= 0.6 is 0 Å². The summed E-state index contributed by atoms with van der Waals surface area (Å²) in [6, 6.07) is 4.17. The number of benzene rings is 1. The lowest BCUT2D eigenvalue weighted by Crippen LogP contribution is -1.99. The van der Waals surface area contributed by atoms with Gasteiger partial charge < -0.3 is 14.6 Å². The van der Waals surface area contributed by atoms with E-state index in [0.717, 1.165) is 0 Å². The van der Waals surface area contributed by atoms with Crippen LogP contribution in [-0.4, -0.2) is 31.2 Å². The molecule has 7 nitrogen and oxygen atoms in total. The second-order valence-corrected chi connectivity index (χ2v) is 4.31. The van der Waals surface area contributed by atoms with Gasteiger partial charge in [-0.05, 0) is 30.7 Å². The van der Waals surface area contributed by atoms with Gasteiger partial charge in [-0.3, -0.25) is 0 Å². The van der Waals surface area contributed by atoms with Gasteiger partial charge in [-0.15, -0.1) is 0 Å². The fraction of sp³-hybridized carbons (Fsp3) is 0.0769. The Morgan fingerprint density at radius 2 is 2.24 bits per heavy atom. The molecule has 0 bridgehead atoms. The van der Waals surface area contributed by atoms with Crippen molar-refractivity contribution >= 4 is 5.97 Å². The van der Waals surface area contributed by atoms with E-state index >= 15 is 0 Å². The van der Waals surface area contributed by atoms with Crippen LogP contribution in [0.15, 0.2) is 29.0 Å². The Labute approximate surface area is 117 Å². The van der Waals surface area contributed by atoms with Gasteiger partial charge in [0.05, 0.1) is 6.33 Å². The molecule has 0 saturated carbocycles. The van der Waals surface area contributed by atoms with Crippen LogP contribution in [0.5, 0.6) is 0 Å². The molecule has 0 unspecified atom stereocenters. The highest BCUT2D eigenvalue weighted by Crippen LogP contribution is 2.25. The predicted molar refractivity (Wildman–Crippen MR) is 69.0 cm³/mol. The number of nitrogens with zero attached hydrogens (tertiary/aromatic N) is 3. The molecule has 0 aliphatic rings. The van der Waals surface area contributed by atoms with Crippen molar-refractivity contribution in [1.82, 2.24) is 20.1 Å². The number of carboxylic acid groups (broad SMARTS) is 1. The topological polar surface area (TPSA) is 105 Å². The molecule has 0 saturated heterocycles. The number of aromatic nitrogens is 4. The summed E-state index contributed by atoms with van der Waals surface area (Å²) < 4.78 is 18.1. The number of aromatic amines is 1. The number of hydrogen-bond acceptors (Lipinski definition) is 5. The quantitative estimate of drug-likeness (QED) is 0.766. The van der Waals surface area contributed by atoms with Crippen LogP contribution < -0.4 is 0 Å². The highest BCUT2D eigenvalue weighted by atomic mass is 19.1. The number of rotatable bonds is 3. The van der Waals surface area contributed by atoms with Crippen LogP contribution in [0, 0.1) is 12.7 Å². The van der Waals surface area contributed by atoms with E-state index in [1.165, 1.54) is 24.5 Å². The number of carbonyl (C=O) groups is 1. The third-order valence-electron chi connectivity index (χ3n) is 2.91. The summed E-state index contributed by atoms with van der Waals surface area (Å²) in [4.78, 5) is 21.4. The third-order valence-corrected chi connectivity index (χ3v) is 2.91. The van der Waals surface area contributed by atoms with E-state index in [-0.39, 0.29) is 28.9 Å². The Balaban J connectivity index is 2.04. The first kappa shape index (κ1) is 13.0. The monoisotopic (exact) mass is 288 g/mol. The van der Waals surface area contributed by atoms with Crippen LogP contribution in [0.4, 0.5) is 4.39 Å². The molecule has 1 aromatic carbocycles. The lowest BCUT2D eigenvalue weighted by atomic mass is 10.1. The minimum atomic E-state index is -1.20. The van der Waals surface area contributed by atoms with Crippen LogP contribution in [0.3, 0.4) is 0 Å². The van der Waals surface area contributed by atoms with Gasteiger partial charge in [0.2, 0.25) is 5.82 Å². The van der Waals surface area contributed by atoms with Gasteiger partial charge in [0.15, 0.2) is 5.69 Å². The summed E-state index contributed by atoms with van der Waals surface area (Å²) in [6.07, 6.45) is 1.23. The summed E-state index contributed by atoms with van der Waals surface area (Å²) >= 11 is 0. The van der Waals surface area contributed by atoms with E-state index in [0.29, 0.717) is 11.1 Å². The predicted octanol–water partition coefficient (Wildman–Crippen LogP) is 2.27. The zero-order valence-corrected chi connectivity index (χ0v) is 10.8. The van der Waals surface area contributed by atoms with Gasteiger partial charge >= 0.3 is 5.97 Å². The Morgan fingerprint density at radius 3 is 2.95 bits per heavy atom. The molecule has 3 aromatic rings. The lowest BCUT2D eigenvalue weighted by Gasteiger charge is -1.99. The molecule has 2 aromatic heterocycles. The van der Waals surface area contributed by atoms with Crippen LogP contribution in [-0.2, 0) is 0 Å². The zero-order valence-electron chi connectivity index (χ0n) is 10.8. The van der Waals surface area contributed by atoms with Crippen LogP contribution in [0.25, 0.3) is 23.0 Å². The minimum absolute atomic E-state index is 0.00336. The van der Waals surface area contributed by atoms with E-state index in [1.807, 2.05) is 0 Å². The van der Waals surface area contributed by atoms with Crippen molar-refractivity contribution in [2.24, 2.45) is 0 Å². The lowest BCUT2D eigenvalue weighted by molar-refractivity contribution is 0.0691. The molecule has 21 heavy (non-hydrogen) atoms. The number of carboxylic acids is 1. The number of hydrogen-bond donors (Lipinski definition) is 2. The average Bonchev–Trinajstić information content (AvgIpc) is 3.06. The van der Waals surface area contributed by atoms with Gasteiger partial charge in [-0.2, -0.15) is 4.98 Å². The maximum atomic E-state index is 13.1. The second kappa shape index (κ2) is 4.82. The number of aryl methyl sites for hydroxylation is 1. The van der Waals surface area contributed by atoms with Crippen molar-refractivity contribution < 1.29 is 18.8 Å². The highest BCUT2D eigenvalue weighted by Gasteiger charge is 2.21. The van der Waals surface area contributed by atoms with E-state index in [2.05, 4.69) is 20.1 Å². The Kier molecular flexibility index (Phi) is 2.98. The van der Waals surface area contributed by atoms with Crippen molar-refractivity contribution in [1.29, 1.82) is 0 Å². The first-order chi connectivity index (χ1) is 10.1. The molecular weight excluding hydrogens is 279 g/mol. The minimum Gasteiger partial charge on any atom is -0.476 e. The summed E-state index contributed by atoms with van der Waals surface area (Å²) in [5.41, 5.74) is 1.16. The molecule has 2 heterocycles. The highest BCUT2D eigenvalue weighted by molar-refractivity contribution is 5.91. The smallest absolute Gasteiger partial charge is 0.356 e. The van der Waals surface area contributed by atoms with Gasteiger partial charge in [-0.25, -0.2) is 14.2 Å². The first-order valence-electron chi connectivity index (χ1n) is 5.93. The summed E-state index contributed by atoms with van der Waals surface area (Å²) in [5, 5.41) is 12.8. The Morgan fingerprint density at radius 1 is 1.43 bits per heavy atom. The van der Waals surface area contributed by atoms with Crippen molar-refractivity contribution in [3.05, 3.63) is 41.6 Å². The molecule has 3 rings (SSSR count). The van der Waals surface area contributed by atoms with E-state index in [1.54, 1.807) is 6.92 Å². The Hall–Kier alpha value is -3.03. The number of H-pyrrole nitrogens is 1. The molecule has 0 aliphatic carbocycles. The molecule has 2 N–H and O–H groups in total. The largest absolute Gasteiger partial charge is 0.476 e. The zero-order chi connectivity index (χ0) is 15.0. The molecule has 8 heteroatoms. The first-order valence-corrected chi connectivity index (χ1v) is 5.93. The number of aromatic carboxylic acids is 1. The van der Waals surface area contributed by atoms with Crippen molar-refractivity contribution in [2.75, 3.05) is 0 Å². The molecule has 0 spiro atoms. The number of imidazole rings is 1. The maximum Gasteiger partial charge on any atom is 0.356 e. The van der Waals surface area contributed by atoms with Gasteiger partial charge in [-0.1, -0.05) is 5.16 Å². The molecule has 0 atom stereocenters. The normalized spacial score (nSPS) is 10.8. The molecule has 0 amide bonds. The Bertz CT molecular complexity index is 824. The fourth-order valence-electron chi connectivity index (χ4n) is 1.93. The van der Waals surface area contributed by atoms with E-state index in [9.17, 15) is 9.18 Å². The van der Waals surface area contributed by atoms with Gasteiger partial charge in [0.1, 0.15) is 11.5 Å². The average molecular weight is 288 g/mol. The molecule has 0 radical (unpaired) electrons. The van der Waals surface area contributed by atoms with Crippen molar-refractivity contribution in [3.8, 4) is 23.0 Å². The summed E-state index contributed by atoms with van der Waals surface area (Å²) in [7, 11) is 0. The van der Waals surface area contributed by atoms with Crippen molar-refractivity contribution in [3.63, 3.8) is 0 Å². The number of nitrogens with one attached hydrogen (secondary N) is 1. The third kappa shape index (κ3) is 2.27. The standard InChI is InChI=1S/C13H9FN4O3/c1-6-4-7(14)2-3-8(6)11-17-12(21-18-11)9-10(13(19)20)16-5-15-9/h2-5H,1H3,(H,15,16)(H,19,20). The molecule has 0 aliphatic heterocycles. The molecular formula is C13H9FN4O3. The number of halogens is 1. The fourth-order valence-corrected chi connectivity index (χ4v) is 1.93. The van der Waals surface area contributed by atoms with Gasteiger partial charge in [0.25, 0.3) is 5.89 Å². The maximum absolute atomic E-state index is 13.1. The SMILES string of the molecule is Cc1cc(F)ccc1-c1noc(-c2[nH]cnc2C(=O)O)n1. The van der Waals surface area contributed by atoms with Crippen LogP contribution in [0.1, 0.15) is 16.1 Å². The van der Waals surface area contributed by atoms with E-state index in [4.69, 9.17) is 9.63 Å².